The van der Waals surface area contributed by atoms with Crippen LogP contribution in [0.4, 0.5) is 10.1 Å². The van der Waals surface area contributed by atoms with Crippen molar-refractivity contribution in [2.75, 3.05) is 31.7 Å². The summed E-state index contributed by atoms with van der Waals surface area (Å²) in [4.78, 5) is 1.76. The maximum Gasteiger partial charge on any atom is 0.146 e. The SMILES string of the molecule is CC(N)c1cccc(F)c1N(C)CC1(O)CCOCC1. The Morgan fingerprint density at radius 3 is 2.70 bits per heavy atom. The second-order valence-corrected chi connectivity index (χ2v) is 5.66. The van der Waals surface area contributed by atoms with Gasteiger partial charge < -0.3 is 20.5 Å². The predicted octanol–water partition coefficient (Wildman–Crippen LogP) is 1.82. The smallest absolute Gasteiger partial charge is 0.146 e. The number of ether oxygens (including phenoxy) is 1. The van der Waals surface area contributed by atoms with Crippen molar-refractivity contribution in [2.45, 2.75) is 31.4 Å². The third-order valence-electron chi connectivity index (χ3n) is 3.85. The number of halogens is 1. The third kappa shape index (κ3) is 3.29. The second-order valence-electron chi connectivity index (χ2n) is 5.66. The number of hydrogen-bond acceptors (Lipinski definition) is 4. The van der Waals surface area contributed by atoms with Gasteiger partial charge in [-0.2, -0.15) is 0 Å². The fraction of sp³-hybridized carbons (Fsp3) is 0.600. The van der Waals surface area contributed by atoms with Crippen molar-refractivity contribution in [1.82, 2.24) is 0 Å². The van der Waals surface area contributed by atoms with Crippen molar-refractivity contribution in [1.29, 1.82) is 0 Å². The lowest BCUT2D eigenvalue weighted by Gasteiger charge is -2.37. The van der Waals surface area contributed by atoms with Crippen LogP contribution in [-0.2, 0) is 4.74 Å². The Hall–Kier alpha value is -1.17. The van der Waals surface area contributed by atoms with Crippen LogP contribution in [0.3, 0.4) is 0 Å². The maximum absolute atomic E-state index is 14.1. The van der Waals surface area contributed by atoms with Gasteiger partial charge in [0.05, 0.1) is 11.3 Å². The number of anilines is 1. The summed E-state index contributed by atoms with van der Waals surface area (Å²) in [6.07, 6.45) is 1.14. The highest BCUT2D eigenvalue weighted by Gasteiger charge is 2.32. The molecule has 0 radical (unpaired) electrons. The molecule has 1 aromatic carbocycles. The van der Waals surface area contributed by atoms with Crippen LogP contribution < -0.4 is 10.6 Å². The molecular weight excluding hydrogens is 259 g/mol. The van der Waals surface area contributed by atoms with Gasteiger partial charge in [0.15, 0.2) is 0 Å². The molecule has 1 unspecified atom stereocenters. The minimum Gasteiger partial charge on any atom is -0.388 e. The molecule has 1 aliphatic rings. The minimum atomic E-state index is -0.829. The summed E-state index contributed by atoms with van der Waals surface area (Å²) in [5, 5.41) is 10.5. The first kappa shape index (κ1) is 15.2. The van der Waals surface area contributed by atoms with E-state index in [1.165, 1.54) is 6.07 Å². The Bertz CT molecular complexity index is 459. The van der Waals surface area contributed by atoms with E-state index in [4.69, 9.17) is 10.5 Å². The first-order valence-electron chi connectivity index (χ1n) is 6.98. The summed E-state index contributed by atoms with van der Waals surface area (Å²) in [5.41, 5.74) is 6.31. The van der Waals surface area contributed by atoms with Crippen LogP contribution in [0.25, 0.3) is 0 Å². The van der Waals surface area contributed by atoms with Crippen LogP contribution in [0.2, 0.25) is 0 Å². The van der Waals surface area contributed by atoms with Gasteiger partial charge in [-0.05, 0) is 18.6 Å². The number of hydrogen-bond donors (Lipinski definition) is 2. The van der Waals surface area contributed by atoms with Crippen molar-refractivity contribution in [3.05, 3.63) is 29.6 Å². The lowest BCUT2D eigenvalue weighted by Crippen LogP contribution is -2.46. The molecule has 2 rings (SSSR count). The molecule has 0 aliphatic carbocycles. The van der Waals surface area contributed by atoms with Crippen molar-refractivity contribution >= 4 is 5.69 Å². The molecule has 3 N–H and O–H groups in total. The Kier molecular flexibility index (Phi) is 4.62. The molecule has 0 bridgehead atoms. The monoisotopic (exact) mass is 282 g/mol. The van der Waals surface area contributed by atoms with Crippen LogP contribution >= 0.6 is 0 Å². The zero-order valence-corrected chi connectivity index (χ0v) is 12.1. The van der Waals surface area contributed by atoms with E-state index in [2.05, 4.69) is 0 Å². The van der Waals surface area contributed by atoms with Gasteiger partial charge in [0.2, 0.25) is 0 Å². The van der Waals surface area contributed by atoms with Gasteiger partial charge in [-0.15, -0.1) is 0 Å². The number of likely N-dealkylation sites (N-methyl/N-ethyl adjacent to an activating group) is 1. The number of benzene rings is 1. The zero-order chi connectivity index (χ0) is 14.8. The Balaban J connectivity index is 2.22. The molecule has 1 fully saturated rings. The second kappa shape index (κ2) is 6.08. The lowest BCUT2D eigenvalue weighted by molar-refractivity contribution is -0.0573. The Labute approximate surface area is 119 Å². The molecule has 20 heavy (non-hydrogen) atoms. The fourth-order valence-corrected chi connectivity index (χ4v) is 2.73. The molecule has 1 aromatic rings. The summed E-state index contributed by atoms with van der Waals surface area (Å²) in [7, 11) is 1.79. The van der Waals surface area contributed by atoms with E-state index in [0.29, 0.717) is 38.3 Å². The van der Waals surface area contributed by atoms with E-state index in [-0.39, 0.29) is 11.9 Å². The van der Waals surface area contributed by atoms with Gasteiger partial charge in [0, 0.05) is 45.7 Å². The molecule has 112 valence electrons. The van der Waals surface area contributed by atoms with E-state index in [1.54, 1.807) is 18.0 Å². The quantitative estimate of drug-likeness (QED) is 0.884. The first-order chi connectivity index (χ1) is 9.43. The molecule has 0 amide bonds. The van der Waals surface area contributed by atoms with E-state index < -0.39 is 5.60 Å². The number of para-hydroxylation sites is 1. The zero-order valence-electron chi connectivity index (χ0n) is 12.1. The average molecular weight is 282 g/mol. The standard InChI is InChI=1S/C15H23FN2O2/c1-11(17)12-4-3-5-13(16)14(12)18(2)10-15(19)6-8-20-9-7-15/h3-5,11,19H,6-10,17H2,1-2H3. The Morgan fingerprint density at radius 2 is 2.10 bits per heavy atom. The molecule has 1 aliphatic heterocycles. The number of nitrogens with two attached hydrogens (primary N) is 1. The fourth-order valence-electron chi connectivity index (χ4n) is 2.73. The highest BCUT2D eigenvalue weighted by atomic mass is 19.1. The molecule has 1 heterocycles. The Morgan fingerprint density at radius 1 is 1.45 bits per heavy atom. The summed E-state index contributed by atoms with van der Waals surface area (Å²) in [5.74, 6) is -0.307. The highest BCUT2D eigenvalue weighted by molar-refractivity contribution is 5.55. The van der Waals surface area contributed by atoms with Gasteiger partial charge in [0.25, 0.3) is 0 Å². The summed E-state index contributed by atoms with van der Waals surface area (Å²) in [6, 6.07) is 4.65. The summed E-state index contributed by atoms with van der Waals surface area (Å²) in [6.45, 7) is 3.29. The topological polar surface area (TPSA) is 58.7 Å². The molecule has 1 saturated heterocycles. The van der Waals surface area contributed by atoms with Crippen molar-refractivity contribution in [2.24, 2.45) is 5.73 Å². The highest BCUT2D eigenvalue weighted by Crippen LogP contribution is 2.30. The lowest BCUT2D eigenvalue weighted by atomic mass is 9.93. The minimum absolute atomic E-state index is 0.257. The van der Waals surface area contributed by atoms with Crippen LogP contribution in [0.1, 0.15) is 31.4 Å². The first-order valence-corrected chi connectivity index (χ1v) is 6.98. The van der Waals surface area contributed by atoms with Crippen LogP contribution in [-0.4, -0.2) is 37.5 Å². The summed E-state index contributed by atoms with van der Waals surface area (Å²) >= 11 is 0. The number of rotatable bonds is 4. The molecule has 5 heteroatoms. The maximum atomic E-state index is 14.1. The average Bonchev–Trinajstić information content (AvgIpc) is 2.38. The molecule has 0 saturated carbocycles. The molecular formula is C15H23FN2O2. The van der Waals surface area contributed by atoms with Crippen molar-refractivity contribution in [3.8, 4) is 0 Å². The van der Waals surface area contributed by atoms with Crippen molar-refractivity contribution in [3.63, 3.8) is 0 Å². The van der Waals surface area contributed by atoms with Gasteiger partial charge in [-0.1, -0.05) is 12.1 Å². The van der Waals surface area contributed by atoms with Gasteiger partial charge in [-0.25, -0.2) is 4.39 Å². The normalized spacial score (nSPS) is 19.6. The van der Waals surface area contributed by atoms with E-state index in [0.717, 1.165) is 5.56 Å². The van der Waals surface area contributed by atoms with Crippen LogP contribution in [0, 0.1) is 5.82 Å². The van der Waals surface area contributed by atoms with E-state index in [9.17, 15) is 9.50 Å². The molecule has 4 nitrogen and oxygen atoms in total. The summed E-state index contributed by atoms with van der Waals surface area (Å²) < 4.78 is 19.4. The number of nitrogens with zero attached hydrogens (tertiary/aromatic N) is 1. The predicted molar refractivity (Wildman–Crippen MR) is 77.3 cm³/mol. The van der Waals surface area contributed by atoms with Crippen LogP contribution in [0.15, 0.2) is 18.2 Å². The van der Waals surface area contributed by atoms with Crippen molar-refractivity contribution < 1.29 is 14.2 Å². The largest absolute Gasteiger partial charge is 0.388 e. The van der Waals surface area contributed by atoms with Gasteiger partial charge in [-0.3, -0.25) is 0 Å². The van der Waals surface area contributed by atoms with Crippen LogP contribution in [0.5, 0.6) is 0 Å². The van der Waals surface area contributed by atoms with E-state index >= 15 is 0 Å². The molecule has 1 atom stereocenters. The number of aliphatic hydroxyl groups is 1. The molecule has 0 aromatic heterocycles. The van der Waals surface area contributed by atoms with Gasteiger partial charge in [0.1, 0.15) is 5.82 Å². The third-order valence-corrected chi connectivity index (χ3v) is 3.85. The molecule has 0 spiro atoms. The van der Waals surface area contributed by atoms with E-state index in [1.807, 2.05) is 13.0 Å². The van der Waals surface area contributed by atoms with Gasteiger partial charge >= 0.3 is 0 Å².